The molecule has 0 amide bonds. The van der Waals surface area contributed by atoms with Crippen LogP contribution < -0.4 is 5.32 Å². The molecule has 0 spiro atoms. The van der Waals surface area contributed by atoms with Crippen molar-refractivity contribution >= 4 is 12.1 Å². The number of ketones is 1. The second kappa shape index (κ2) is 4.23. The molecule has 1 aliphatic heterocycles. The standard InChI is InChI=1S/C8H13NO2/c10-6-8(11)7-4-2-1-3-5-9-7/h6-7,9H,1-5H2. The highest BCUT2D eigenvalue weighted by Gasteiger charge is 2.17. The first kappa shape index (κ1) is 8.40. The summed E-state index contributed by atoms with van der Waals surface area (Å²) in [7, 11) is 0. The maximum Gasteiger partial charge on any atom is 0.211 e. The third kappa shape index (κ3) is 2.42. The van der Waals surface area contributed by atoms with Crippen LogP contribution in [0.1, 0.15) is 25.7 Å². The van der Waals surface area contributed by atoms with E-state index in [4.69, 9.17) is 0 Å². The molecule has 62 valence electrons. The van der Waals surface area contributed by atoms with E-state index in [1.807, 2.05) is 0 Å². The quantitative estimate of drug-likeness (QED) is 0.460. The zero-order chi connectivity index (χ0) is 8.10. The van der Waals surface area contributed by atoms with Crippen LogP contribution in [0.25, 0.3) is 0 Å². The van der Waals surface area contributed by atoms with Crippen LogP contribution >= 0.6 is 0 Å². The lowest BCUT2D eigenvalue weighted by Crippen LogP contribution is -2.36. The summed E-state index contributed by atoms with van der Waals surface area (Å²) in [5.41, 5.74) is 0. The highest BCUT2D eigenvalue weighted by molar-refractivity contribution is 6.27. The summed E-state index contributed by atoms with van der Waals surface area (Å²) in [6.07, 6.45) is 4.57. The molecule has 1 atom stereocenters. The van der Waals surface area contributed by atoms with Gasteiger partial charge in [-0.15, -0.1) is 0 Å². The van der Waals surface area contributed by atoms with Gasteiger partial charge in [-0.3, -0.25) is 9.59 Å². The van der Waals surface area contributed by atoms with Gasteiger partial charge in [0.15, 0.2) is 6.29 Å². The monoisotopic (exact) mass is 155 g/mol. The lowest BCUT2D eigenvalue weighted by atomic mass is 10.1. The first-order valence-electron chi connectivity index (χ1n) is 4.07. The van der Waals surface area contributed by atoms with Gasteiger partial charge < -0.3 is 5.32 Å². The molecule has 11 heavy (non-hydrogen) atoms. The van der Waals surface area contributed by atoms with E-state index in [9.17, 15) is 9.59 Å². The second-order valence-electron chi connectivity index (χ2n) is 2.88. The molecule has 0 aliphatic carbocycles. The minimum atomic E-state index is -0.299. The van der Waals surface area contributed by atoms with E-state index in [2.05, 4.69) is 5.32 Å². The van der Waals surface area contributed by atoms with Gasteiger partial charge in [0.05, 0.1) is 6.04 Å². The summed E-state index contributed by atoms with van der Waals surface area (Å²) < 4.78 is 0. The molecule has 1 heterocycles. The van der Waals surface area contributed by atoms with Gasteiger partial charge in [-0.1, -0.05) is 12.8 Å². The lowest BCUT2D eigenvalue weighted by Gasteiger charge is -2.09. The van der Waals surface area contributed by atoms with Crippen molar-refractivity contribution in [3.8, 4) is 0 Å². The van der Waals surface area contributed by atoms with E-state index in [1.165, 1.54) is 0 Å². The van der Waals surface area contributed by atoms with Crippen molar-refractivity contribution in [3.05, 3.63) is 0 Å². The van der Waals surface area contributed by atoms with Gasteiger partial charge in [0.2, 0.25) is 5.78 Å². The van der Waals surface area contributed by atoms with E-state index < -0.39 is 0 Å². The van der Waals surface area contributed by atoms with Gasteiger partial charge in [0.1, 0.15) is 0 Å². The van der Waals surface area contributed by atoms with Crippen LogP contribution in [0.3, 0.4) is 0 Å². The number of rotatable bonds is 2. The summed E-state index contributed by atoms with van der Waals surface area (Å²) in [5.74, 6) is -0.299. The Morgan fingerprint density at radius 3 is 2.91 bits per heavy atom. The molecule has 1 unspecified atom stereocenters. The van der Waals surface area contributed by atoms with Crippen molar-refractivity contribution in [2.45, 2.75) is 31.7 Å². The number of carbonyl (C=O) groups excluding carboxylic acids is 2. The van der Waals surface area contributed by atoms with E-state index >= 15 is 0 Å². The van der Waals surface area contributed by atoms with Crippen LogP contribution in [-0.4, -0.2) is 24.7 Å². The van der Waals surface area contributed by atoms with Crippen LogP contribution in [0, 0.1) is 0 Å². The summed E-state index contributed by atoms with van der Waals surface area (Å²) in [5, 5.41) is 3.05. The van der Waals surface area contributed by atoms with Crippen molar-refractivity contribution < 1.29 is 9.59 Å². The highest BCUT2D eigenvalue weighted by atomic mass is 16.2. The van der Waals surface area contributed by atoms with E-state index in [1.54, 1.807) is 0 Å². The molecule has 1 N–H and O–H groups in total. The van der Waals surface area contributed by atoms with Gasteiger partial charge in [0.25, 0.3) is 0 Å². The summed E-state index contributed by atoms with van der Waals surface area (Å²) in [6, 6.07) is -0.199. The van der Waals surface area contributed by atoms with Crippen molar-refractivity contribution in [3.63, 3.8) is 0 Å². The number of carbonyl (C=O) groups is 2. The average Bonchev–Trinajstić information content (AvgIpc) is 2.30. The molecular weight excluding hydrogens is 142 g/mol. The molecule has 1 fully saturated rings. The van der Waals surface area contributed by atoms with Crippen LogP contribution in [0.4, 0.5) is 0 Å². The molecular formula is C8H13NO2. The molecule has 0 aromatic carbocycles. The number of hydrogen-bond acceptors (Lipinski definition) is 3. The third-order valence-corrected chi connectivity index (χ3v) is 2.02. The highest BCUT2D eigenvalue weighted by Crippen LogP contribution is 2.08. The number of hydrogen-bond donors (Lipinski definition) is 1. The molecule has 1 aliphatic rings. The van der Waals surface area contributed by atoms with Crippen LogP contribution in [-0.2, 0) is 9.59 Å². The minimum Gasteiger partial charge on any atom is -0.307 e. The van der Waals surface area contributed by atoms with Gasteiger partial charge in [-0.25, -0.2) is 0 Å². The molecule has 0 aromatic rings. The molecule has 3 nitrogen and oxygen atoms in total. The molecule has 0 bridgehead atoms. The van der Waals surface area contributed by atoms with Crippen LogP contribution in [0.2, 0.25) is 0 Å². The topological polar surface area (TPSA) is 46.2 Å². The van der Waals surface area contributed by atoms with E-state index in [0.29, 0.717) is 6.29 Å². The normalized spacial score (nSPS) is 25.6. The van der Waals surface area contributed by atoms with E-state index in [0.717, 1.165) is 32.2 Å². The Morgan fingerprint density at radius 2 is 2.18 bits per heavy atom. The van der Waals surface area contributed by atoms with Gasteiger partial charge in [-0.05, 0) is 19.4 Å². The molecule has 1 rings (SSSR count). The smallest absolute Gasteiger partial charge is 0.211 e. The molecule has 0 radical (unpaired) electrons. The zero-order valence-electron chi connectivity index (χ0n) is 6.51. The summed E-state index contributed by atoms with van der Waals surface area (Å²) >= 11 is 0. The fourth-order valence-corrected chi connectivity index (χ4v) is 1.35. The molecule has 0 aromatic heterocycles. The molecule has 1 saturated heterocycles. The Labute approximate surface area is 66.2 Å². The largest absolute Gasteiger partial charge is 0.307 e. The van der Waals surface area contributed by atoms with Gasteiger partial charge in [-0.2, -0.15) is 0 Å². The zero-order valence-corrected chi connectivity index (χ0v) is 6.51. The molecule has 0 saturated carbocycles. The van der Waals surface area contributed by atoms with Crippen molar-refractivity contribution in [2.75, 3.05) is 6.54 Å². The number of Topliss-reactive ketones (excluding diaryl/α,β-unsaturated/α-hetero) is 1. The van der Waals surface area contributed by atoms with Crippen LogP contribution in [0.15, 0.2) is 0 Å². The van der Waals surface area contributed by atoms with Crippen molar-refractivity contribution in [1.29, 1.82) is 0 Å². The fraction of sp³-hybridized carbons (Fsp3) is 0.750. The first-order valence-corrected chi connectivity index (χ1v) is 4.07. The Balaban J connectivity index is 2.42. The summed E-state index contributed by atoms with van der Waals surface area (Å²) in [6.45, 7) is 0.865. The maximum atomic E-state index is 10.9. The Hall–Kier alpha value is -0.700. The Morgan fingerprint density at radius 1 is 1.36 bits per heavy atom. The lowest BCUT2D eigenvalue weighted by molar-refractivity contribution is -0.131. The fourth-order valence-electron chi connectivity index (χ4n) is 1.35. The predicted octanol–water partition coefficient (Wildman–Crippen LogP) is 0.287. The SMILES string of the molecule is O=CC(=O)C1CCCCCN1. The molecule has 3 heteroatoms. The second-order valence-corrected chi connectivity index (χ2v) is 2.88. The van der Waals surface area contributed by atoms with Crippen LogP contribution in [0.5, 0.6) is 0 Å². The summed E-state index contributed by atoms with van der Waals surface area (Å²) in [4.78, 5) is 21.0. The van der Waals surface area contributed by atoms with E-state index in [-0.39, 0.29) is 11.8 Å². The van der Waals surface area contributed by atoms with Crippen molar-refractivity contribution in [1.82, 2.24) is 5.32 Å². The first-order chi connectivity index (χ1) is 5.34. The minimum absolute atomic E-state index is 0.199. The Bertz CT molecular complexity index is 148. The van der Waals surface area contributed by atoms with Gasteiger partial charge in [0, 0.05) is 0 Å². The average molecular weight is 155 g/mol. The number of aldehydes is 1. The van der Waals surface area contributed by atoms with Gasteiger partial charge >= 0.3 is 0 Å². The Kier molecular flexibility index (Phi) is 3.23. The maximum absolute atomic E-state index is 10.9. The third-order valence-electron chi connectivity index (χ3n) is 2.02. The van der Waals surface area contributed by atoms with Crippen molar-refractivity contribution in [2.24, 2.45) is 0 Å². The number of nitrogens with one attached hydrogen (secondary N) is 1. The predicted molar refractivity (Wildman–Crippen MR) is 41.3 cm³/mol.